The van der Waals surface area contributed by atoms with E-state index in [4.69, 9.17) is 14.2 Å². The predicted octanol–water partition coefficient (Wildman–Crippen LogP) is 4.96. The molecule has 7 rings (SSSR count). The molecule has 3 saturated carbocycles. The minimum absolute atomic E-state index is 0.000128. The Balaban J connectivity index is 1.16. The topological polar surface area (TPSA) is 123 Å². The minimum atomic E-state index is -4.29. The molecule has 4 fully saturated rings. The molecule has 2 bridgehead atoms. The number of carbonyl (C=O) groups is 2. The molecule has 2 amide bonds. The highest BCUT2D eigenvalue weighted by Gasteiger charge is 2.68. The number of benzene rings is 3. The molecule has 0 spiro atoms. The fourth-order valence-corrected chi connectivity index (χ4v) is 7.57. The van der Waals surface area contributed by atoms with E-state index in [-0.39, 0.29) is 34.4 Å². The maximum atomic E-state index is 16.2. The van der Waals surface area contributed by atoms with Crippen molar-refractivity contribution in [1.29, 1.82) is 0 Å². The molecule has 3 aliphatic carbocycles. The van der Waals surface area contributed by atoms with Crippen LogP contribution in [0.25, 0.3) is 10.8 Å². The lowest BCUT2D eigenvalue weighted by molar-refractivity contribution is -0.159. The lowest BCUT2D eigenvalue weighted by atomic mass is 9.38. The van der Waals surface area contributed by atoms with Gasteiger partial charge in [0.1, 0.15) is 35.9 Å². The van der Waals surface area contributed by atoms with Gasteiger partial charge in [0, 0.05) is 10.9 Å². The Hall–Kier alpha value is -4.06. The Morgan fingerprint density at radius 1 is 1.07 bits per heavy atom. The van der Waals surface area contributed by atoms with Crippen LogP contribution >= 0.6 is 0 Å². The van der Waals surface area contributed by atoms with Crippen LogP contribution in [0.4, 0.5) is 14.9 Å². The molecule has 1 aliphatic heterocycles. The molecule has 3 aromatic rings. The van der Waals surface area contributed by atoms with Gasteiger partial charge in [-0.2, -0.15) is 8.42 Å². The number of rotatable bonds is 9. The van der Waals surface area contributed by atoms with Crippen LogP contribution in [0.2, 0.25) is 0 Å². The number of amides is 2. The van der Waals surface area contributed by atoms with Crippen molar-refractivity contribution in [1.82, 2.24) is 10.0 Å². The van der Waals surface area contributed by atoms with Gasteiger partial charge in [0.05, 0.1) is 6.61 Å². The van der Waals surface area contributed by atoms with Gasteiger partial charge in [0.25, 0.3) is 5.91 Å². The fourth-order valence-electron chi connectivity index (χ4n) is 6.41. The number of ether oxygens (including phenoxy) is 3. The summed E-state index contributed by atoms with van der Waals surface area (Å²) in [6, 6.07) is 15.7. The van der Waals surface area contributed by atoms with E-state index in [1.54, 1.807) is 18.2 Å². The first kappa shape index (κ1) is 29.0. The molecule has 43 heavy (non-hydrogen) atoms. The number of nitrogens with zero attached hydrogens (tertiary/aromatic N) is 1. The molecule has 4 aliphatic rings. The molecule has 1 heterocycles. The third-order valence-electron chi connectivity index (χ3n) is 8.10. The van der Waals surface area contributed by atoms with Gasteiger partial charge in [0.2, 0.25) is 0 Å². The van der Waals surface area contributed by atoms with Crippen molar-refractivity contribution in [3.8, 4) is 11.5 Å². The fraction of sp³-hybridized carbons (Fsp3) is 0.419. The molecule has 0 atom stereocenters. The second-order valence-corrected chi connectivity index (χ2v) is 14.4. The van der Waals surface area contributed by atoms with Crippen LogP contribution in [-0.4, -0.2) is 44.7 Å². The van der Waals surface area contributed by atoms with E-state index in [0.717, 1.165) is 31.2 Å². The van der Waals surface area contributed by atoms with Crippen molar-refractivity contribution in [2.45, 2.75) is 64.2 Å². The summed E-state index contributed by atoms with van der Waals surface area (Å²) in [4.78, 5) is 24.1. The highest BCUT2D eigenvalue weighted by atomic mass is 32.2. The van der Waals surface area contributed by atoms with Crippen molar-refractivity contribution in [3.63, 3.8) is 0 Å². The quantitative estimate of drug-likeness (QED) is 0.351. The van der Waals surface area contributed by atoms with Gasteiger partial charge in [-0.15, -0.1) is 0 Å². The van der Waals surface area contributed by atoms with Crippen LogP contribution in [0, 0.1) is 11.2 Å². The Morgan fingerprint density at radius 2 is 1.79 bits per heavy atom. The number of hydrogen-bond acceptors (Lipinski definition) is 7. The van der Waals surface area contributed by atoms with Crippen molar-refractivity contribution >= 4 is 38.7 Å². The molecule has 0 unspecified atom stereocenters. The number of carbonyl (C=O) groups excluding carboxylic acids is 2. The zero-order chi connectivity index (χ0) is 30.6. The number of anilines is 1. The average molecular weight is 612 g/mol. The van der Waals surface area contributed by atoms with E-state index in [1.807, 2.05) is 55.8 Å². The summed E-state index contributed by atoms with van der Waals surface area (Å²) in [5.74, 6) is -1.16. The first-order valence-electron chi connectivity index (χ1n) is 14.2. The number of fused-ring (bicyclic) bond motifs is 1. The number of nitrogens with one attached hydrogen (secondary N) is 2. The zero-order valence-corrected chi connectivity index (χ0v) is 25.1. The maximum absolute atomic E-state index is 16.2. The van der Waals surface area contributed by atoms with E-state index in [9.17, 15) is 18.0 Å². The van der Waals surface area contributed by atoms with Crippen LogP contribution in [0.5, 0.6) is 11.5 Å². The molecule has 228 valence electrons. The molecular weight excluding hydrogens is 577 g/mol. The third kappa shape index (κ3) is 5.80. The SMILES string of the molecule is CC(C)(C)OC(=O)NC12CC(CCOc3ccc4cc(OCc5ccccc5)c(N5CC(=O)NS5(=O)=O)c(F)c4c3)(C1)C2. The second kappa shape index (κ2) is 10.3. The van der Waals surface area contributed by atoms with E-state index in [0.29, 0.717) is 22.0 Å². The normalized spacial score (nSPS) is 23.6. The van der Waals surface area contributed by atoms with Crippen LogP contribution in [0.15, 0.2) is 54.6 Å². The summed E-state index contributed by atoms with van der Waals surface area (Å²) in [6.07, 6.45) is 2.97. The number of alkyl carbamates (subject to hydrolysis) is 1. The molecular formula is C31H34FN3O7S. The monoisotopic (exact) mass is 611 g/mol. The summed E-state index contributed by atoms with van der Waals surface area (Å²) >= 11 is 0. The largest absolute Gasteiger partial charge is 0.494 e. The van der Waals surface area contributed by atoms with Gasteiger partial charge < -0.3 is 19.5 Å². The molecule has 0 radical (unpaired) electrons. The molecule has 2 N–H and O–H groups in total. The van der Waals surface area contributed by atoms with E-state index < -0.39 is 40.2 Å². The van der Waals surface area contributed by atoms with Gasteiger partial charge in [0.15, 0.2) is 5.82 Å². The molecule has 3 aromatic carbocycles. The Bertz CT molecular complexity index is 1690. The average Bonchev–Trinajstić information content (AvgIpc) is 3.16. The lowest BCUT2D eigenvalue weighted by Gasteiger charge is -2.70. The standard InChI is InChI=1S/C31H34FN3O7S/c1-29(2,3)42-28(37)33-31-17-30(18-31,19-31)11-12-40-22-10-9-21-13-24(41-16-20-7-5-4-6-8-20)27(26(32)23(21)14-22)35-15-25(36)34-43(35,38)39/h4-10,13-14H,11-12,15-19H2,1-3H3,(H,33,37)(H,34,36). The minimum Gasteiger partial charge on any atom is -0.494 e. The second-order valence-electron chi connectivity index (χ2n) is 12.8. The first-order chi connectivity index (χ1) is 20.3. The summed E-state index contributed by atoms with van der Waals surface area (Å²) in [5.41, 5.74) is -0.162. The Kier molecular flexibility index (Phi) is 6.95. The van der Waals surface area contributed by atoms with Crippen molar-refractivity contribution in [2.75, 3.05) is 17.5 Å². The number of halogens is 1. The smallest absolute Gasteiger partial charge is 0.408 e. The Morgan fingerprint density at radius 3 is 2.44 bits per heavy atom. The lowest BCUT2D eigenvalue weighted by Crippen LogP contribution is -2.75. The molecule has 10 nitrogen and oxygen atoms in total. The summed E-state index contributed by atoms with van der Waals surface area (Å²) in [5, 5.41) is 3.64. The van der Waals surface area contributed by atoms with Crippen molar-refractivity contribution < 1.29 is 36.6 Å². The van der Waals surface area contributed by atoms with Gasteiger partial charge in [-0.25, -0.2) is 18.2 Å². The molecule has 12 heteroatoms. The van der Waals surface area contributed by atoms with E-state index in [2.05, 4.69) is 5.32 Å². The molecule has 0 aromatic heterocycles. The van der Waals surface area contributed by atoms with Crippen molar-refractivity contribution in [2.24, 2.45) is 5.41 Å². The van der Waals surface area contributed by atoms with E-state index >= 15 is 4.39 Å². The van der Waals surface area contributed by atoms with Gasteiger partial charge in [-0.1, -0.05) is 36.4 Å². The summed E-state index contributed by atoms with van der Waals surface area (Å²) in [6.45, 7) is 5.41. The third-order valence-corrected chi connectivity index (χ3v) is 9.48. The highest BCUT2D eigenvalue weighted by Crippen LogP contribution is 2.69. The van der Waals surface area contributed by atoms with Gasteiger partial charge >= 0.3 is 16.3 Å². The molecule has 1 saturated heterocycles. The first-order valence-corrected chi connectivity index (χ1v) is 15.6. The highest BCUT2D eigenvalue weighted by molar-refractivity contribution is 7.92. The summed E-state index contributed by atoms with van der Waals surface area (Å²) in [7, 11) is -4.29. The van der Waals surface area contributed by atoms with Crippen LogP contribution in [0.1, 0.15) is 52.0 Å². The maximum Gasteiger partial charge on any atom is 0.408 e. The number of hydrogen-bond donors (Lipinski definition) is 2. The van der Waals surface area contributed by atoms with Crippen LogP contribution < -0.4 is 23.8 Å². The van der Waals surface area contributed by atoms with Crippen LogP contribution in [0.3, 0.4) is 0 Å². The van der Waals surface area contributed by atoms with Crippen LogP contribution in [-0.2, 0) is 26.3 Å². The Labute approximate surface area is 249 Å². The zero-order valence-electron chi connectivity index (χ0n) is 24.2. The predicted molar refractivity (Wildman–Crippen MR) is 158 cm³/mol. The van der Waals surface area contributed by atoms with Crippen molar-refractivity contribution in [3.05, 3.63) is 66.0 Å². The van der Waals surface area contributed by atoms with Gasteiger partial charge in [-0.05, 0) is 81.0 Å². The summed E-state index contributed by atoms with van der Waals surface area (Å²) < 4.78 is 61.4. The van der Waals surface area contributed by atoms with Gasteiger partial charge in [-0.3, -0.25) is 4.79 Å². The van der Waals surface area contributed by atoms with E-state index in [1.165, 1.54) is 6.07 Å².